The minimum absolute atomic E-state index is 0.126. The van der Waals surface area contributed by atoms with Crippen LogP contribution < -0.4 is 14.9 Å². The van der Waals surface area contributed by atoms with Crippen LogP contribution in [0.25, 0.3) is 44.9 Å². The molecular formula is C26H19N2O6PS. The number of hydrogen-bond acceptors (Lipinski definition) is 6. The first kappa shape index (κ1) is 22.5. The van der Waals surface area contributed by atoms with E-state index in [-0.39, 0.29) is 10.6 Å². The molecule has 5 aromatic rings. The van der Waals surface area contributed by atoms with Gasteiger partial charge in [0.1, 0.15) is 11.2 Å². The van der Waals surface area contributed by atoms with Gasteiger partial charge in [-0.05, 0) is 58.3 Å². The van der Waals surface area contributed by atoms with Crippen molar-refractivity contribution in [3.8, 4) is 0 Å². The van der Waals surface area contributed by atoms with E-state index in [0.29, 0.717) is 11.2 Å². The fourth-order valence-corrected chi connectivity index (χ4v) is 7.23. The molecule has 1 unspecified atom stereocenters. The summed E-state index contributed by atoms with van der Waals surface area (Å²) in [6, 6.07) is 20.2. The van der Waals surface area contributed by atoms with Crippen molar-refractivity contribution in [3.63, 3.8) is 0 Å². The third-order valence-corrected chi connectivity index (χ3v) is 9.35. The SMILES string of the molecule is O=[N+]([O-])c1ccc(S(=O)(=O)Np2oc3ccc4c(c3c3c(ccc5ccccc53)o2)=CCCC=4)cc1. The van der Waals surface area contributed by atoms with E-state index < -0.39 is 23.1 Å². The van der Waals surface area contributed by atoms with Gasteiger partial charge in [0.05, 0.1) is 9.82 Å². The number of nitrogens with zero attached hydrogens (tertiary/aromatic N) is 1. The second-order valence-corrected chi connectivity index (χ2v) is 11.5. The Morgan fingerprint density at radius 1 is 0.833 bits per heavy atom. The normalized spacial score (nSPS) is 13.7. The van der Waals surface area contributed by atoms with E-state index in [1.165, 1.54) is 12.1 Å². The largest absolute Gasteiger partial charge is 0.407 e. The molecule has 0 radical (unpaired) electrons. The third-order valence-electron chi connectivity index (χ3n) is 6.18. The van der Waals surface area contributed by atoms with Gasteiger partial charge in [0.25, 0.3) is 15.7 Å². The lowest BCUT2D eigenvalue weighted by Gasteiger charge is -2.05. The molecule has 36 heavy (non-hydrogen) atoms. The van der Waals surface area contributed by atoms with E-state index in [9.17, 15) is 18.5 Å². The lowest BCUT2D eigenvalue weighted by molar-refractivity contribution is -0.384. The summed E-state index contributed by atoms with van der Waals surface area (Å²) in [5, 5.41) is 16.8. The summed E-state index contributed by atoms with van der Waals surface area (Å²) in [7, 11) is -6.26. The lowest BCUT2D eigenvalue weighted by atomic mass is 9.98. The molecule has 1 atom stereocenters. The Kier molecular flexibility index (Phi) is 5.41. The first-order valence-corrected chi connectivity index (χ1v) is 13.9. The molecule has 0 amide bonds. The molecular weight excluding hydrogens is 499 g/mol. The van der Waals surface area contributed by atoms with Crippen molar-refractivity contribution in [2.24, 2.45) is 0 Å². The Bertz CT molecular complexity index is 1970. The van der Waals surface area contributed by atoms with E-state index in [0.717, 1.165) is 57.0 Å². The van der Waals surface area contributed by atoms with Gasteiger partial charge in [-0.25, -0.2) is 8.42 Å². The molecule has 10 heteroatoms. The third kappa shape index (κ3) is 3.87. The molecule has 0 saturated carbocycles. The van der Waals surface area contributed by atoms with Crippen LogP contribution in [-0.2, 0) is 10.0 Å². The Morgan fingerprint density at radius 2 is 1.53 bits per heavy atom. The molecule has 1 N–H and O–H groups in total. The Morgan fingerprint density at radius 3 is 2.31 bits per heavy atom. The van der Waals surface area contributed by atoms with E-state index in [2.05, 4.69) is 16.6 Å². The molecule has 0 spiro atoms. The van der Waals surface area contributed by atoms with Crippen molar-refractivity contribution in [2.75, 3.05) is 4.49 Å². The predicted octanol–water partition coefficient (Wildman–Crippen LogP) is 5.64. The first-order chi connectivity index (χ1) is 17.4. The molecule has 0 bridgehead atoms. The Hall–Kier alpha value is -3.91. The van der Waals surface area contributed by atoms with Gasteiger partial charge in [0, 0.05) is 22.9 Å². The van der Waals surface area contributed by atoms with E-state index in [1.54, 1.807) is 0 Å². The van der Waals surface area contributed by atoms with Crippen LogP contribution in [0.2, 0.25) is 0 Å². The summed E-state index contributed by atoms with van der Waals surface area (Å²) >= 11 is 0. The molecule has 1 aliphatic rings. The highest BCUT2D eigenvalue weighted by molar-refractivity contribution is 7.97. The number of non-ortho nitro benzene ring substituents is 1. The van der Waals surface area contributed by atoms with Gasteiger partial charge in [-0.3, -0.25) is 10.1 Å². The van der Waals surface area contributed by atoms with Crippen LogP contribution in [0.3, 0.4) is 0 Å². The summed E-state index contributed by atoms with van der Waals surface area (Å²) in [5.41, 5.74) is 0.833. The van der Waals surface area contributed by atoms with Crippen LogP contribution in [0.4, 0.5) is 5.69 Å². The monoisotopic (exact) mass is 518 g/mol. The van der Waals surface area contributed by atoms with E-state index >= 15 is 0 Å². The highest BCUT2D eigenvalue weighted by atomic mass is 32.2. The fraction of sp³-hybridized carbons (Fsp3) is 0.0769. The minimum atomic E-state index is -4.09. The van der Waals surface area contributed by atoms with Crippen molar-refractivity contribution in [1.82, 2.24) is 0 Å². The maximum Gasteiger partial charge on any atom is 0.321 e. The number of sulfonamides is 1. The van der Waals surface area contributed by atoms with Gasteiger partial charge in [-0.1, -0.05) is 48.6 Å². The summed E-state index contributed by atoms with van der Waals surface area (Å²) in [5.74, 6) is 0. The molecule has 0 saturated heterocycles. The van der Waals surface area contributed by atoms with Crippen LogP contribution in [0.5, 0.6) is 0 Å². The van der Waals surface area contributed by atoms with Crippen molar-refractivity contribution >= 4 is 68.7 Å². The first-order valence-electron chi connectivity index (χ1n) is 11.2. The molecule has 4 aromatic carbocycles. The van der Waals surface area contributed by atoms with Crippen LogP contribution in [-0.4, -0.2) is 13.3 Å². The van der Waals surface area contributed by atoms with E-state index in [4.69, 9.17) is 8.39 Å². The van der Waals surface area contributed by atoms with Gasteiger partial charge in [0.15, 0.2) is 0 Å². The lowest BCUT2D eigenvalue weighted by Crippen LogP contribution is -2.27. The number of hydrogen-bond donors (Lipinski definition) is 1. The van der Waals surface area contributed by atoms with Crippen LogP contribution in [0, 0.1) is 10.1 Å². The highest BCUT2D eigenvalue weighted by Crippen LogP contribution is 2.37. The van der Waals surface area contributed by atoms with Crippen molar-refractivity contribution in [3.05, 3.63) is 93.3 Å². The highest BCUT2D eigenvalue weighted by Gasteiger charge is 2.20. The summed E-state index contributed by atoms with van der Waals surface area (Å²) in [6.07, 6.45) is 6.21. The van der Waals surface area contributed by atoms with E-state index in [1.807, 2.05) is 48.5 Å². The van der Waals surface area contributed by atoms with Crippen molar-refractivity contribution in [1.29, 1.82) is 0 Å². The molecule has 1 heterocycles. The molecule has 1 aliphatic carbocycles. The van der Waals surface area contributed by atoms with Crippen molar-refractivity contribution in [2.45, 2.75) is 17.7 Å². The second kappa shape index (κ2) is 8.64. The standard InChI is InChI=1S/C26H19N2O6PS/c29-28(30)19-11-13-20(14-12-19)36(31,32)27-35-33-23-15-9-17-5-1-3-7-21(17)25(23)26-22-8-4-2-6-18(22)10-16-24(26)34-35/h1,3,5-16,27H,2,4H2. The molecule has 6 rings (SSSR count). The molecule has 0 fully saturated rings. The maximum absolute atomic E-state index is 13.1. The number of fused-ring (bicyclic) bond motifs is 7. The van der Waals surface area contributed by atoms with Crippen molar-refractivity contribution < 1.29 is 21.7 Å². The van der Waals surface area contributed by atoms with Crippen LogP contribution in [0.1, 0.15) is 12.8 Å². The molecule has 8 nitrogen and oxygen atoms in total. The summed E-state index contributed by atoms with van der Waals surface area (Å²) in [4.78, 5) is 10.2. The quantitative estimate of drug-likeness (QED) is 0.243. The summed E-state index contributed by atoms with van der Waals surface area (Å²) < 4.78 is 41.1. The molecule has 1 aromatic heterocycles. The zero-order valence-corrected chi connectivity index (χ0v) is 20.5. The number of nitro benzene ring substituents is 1. The minimum Gasteiger partial charge on any atom is -0.407 e. The number of rotatable bonds is 4. The molecule has 180 valence electrons. The Labute approximate surface area is 206 Å². The predicted molar refractivity (Wildman–Crippen MR) is 141 cm³/mol. The zero-order chi connectivity index (χ0) is 24.9. The smallest absolute Gasteiger partial charge is 0.321 e. The van der Waals surface area contributed by atoms with Gasteiger partial charge in [-0.15, -0.1) is 4.49 Å². The van der Waals surface area contributed by atoms with Gasteiger partial charge in [-0.2, -0.15) is 0 Å². The van der Waals surface area contributed by atoms with Crippen LogP contribution in [0.15, 0.2) is 86.1 Å². The van der Waals surface area contributed by atoms with Gasteiger partial charge < -0.3 is 8.39 Å². The van der Waals surface area contributed by atoms with Gasteiger partial charge in [0.2, 0.25) is 0 Å². The second-order valence-electron chi connectivity index (χ2n) is 8.37. The summed E-state index contributed by atoms with van der Waals surface area (Å²) in [6.45, 7) is 0. The molecule has 0 aliphatic heterocycles. The Balaban J connectivity index is 1.64. The zero-order valence-electron chi connectivity index (χ0n) is 18.7. The van der Waals surface area contributed by atoms with Gasteiger partial charge >= 0.3 is 8.16 Å². The number of nitrogens with one attached hydrogen (secondary N) is 1. The number of benzene rings is 4. The average Bonchev–Trinajstić information content (AvgIpc) is 3.04. The fourth-order valence-electron chi connectivity index (χ4n) is 4.53. The topological polar surface area (TPSA) is 116 Å². The number of nitro groups is 1. The van der Waals surface area contributed by atoms with Crippen LogP contribution >= 0.6 is 8.16 Å². The average molecular weight is 518 g/mol. The maximum atomic E-state index is 13.1.